The first-order valence-electron chi connectivity index (χ1n) is 5.72. The summed E-state index contributed by atoms with van der Waals surface area (Å²) in [5, 5.41) is 11.3. The molecule has 0 unspecified atom stereocenters. The molecule has 102 valence electrons. The normalized spacial score (nSPS) is 11.6. The molecule has 1 rings (SSSR count). The van der Waals surface area contributed by atoms with Crippen LogP contribution in [0.3, 0.4) is 0 Å². The van der Waals surface area contributed by atoms with Crippen molar-refractivity contribution in [3.8, 4) is 0 Å². The van der Waals surface area contributed by atoms with E-state index < -0.39 is 17.4 Å². The molecule has 0 radical (unpaired) electrons. The average molecular weight is 326 g/mol. The van der Waals surface area contributed by atoms with Crippen LogP contribution in [-0.2, 0) is 9.59 Å². The van der Waals surface area contributed by atoms with E-state index in [0.717, 1.165) is 15.6 Å². The zero-order valence-electron chi connectivity index (χ0n) is 11.0. The van der Waals surface area contributed by atoms with Gasteiger partial charge in [0.1, 0.15) is 5.54 Å². The van der Waals surface area contributed by atoms with E-state index in [1.807, 2.05) is 25.1 Å². The average Bonchev–Trinajstić information content (AvgIpc) is 2.27. The summed E-state index contributed by atoms with van der Waals surface area (Å²) >= 11 is 3.40. The fraction of sp³-hybridized carbons (Fsp3) is 0.286. The second kappa shape index (κ2) is 6.02. The van der Waals surface area contributed by atoms with Crippen molar-refractivity contribution < 1.29 is 14.7 Å². The molecule has 0 spiro atoms. The number of benzene rings is 1. The Hall–Kier alpha value is -1.62. The highest BCUT2D eigenvalue weighted by atomic mass is 79.9. The third kappa shape index (κ3) is 4.52. The highest BCUT2D eigenvalue weighted by molar-refractivity contribution is 9.10. The zero-order chi connectivity index (χ0) is 14.6. The molecule has 2 N–H and O–H groups in total. The van der Waals surface area contributed by atoms with Crippen LogP contribution in [0.4, 0.5) is 0 Å². The molecule has 0 fully saturated rings. The van der Waals surface area contributed by atoms with Crippen molar-refractivity contribution in [3.05, 3.63) is 39.9 Å². The molecule has 0 bridgehead atoms. The quantitative estimate of drug-likeness (QED) is 0.836. The lowest BCUT2D eigenvalue weighted by atomic mass is 10.1. The number of carboxylic acid groups (broad SMARTS) is 1. The lowest BCUT2D eigenvalue weighted by Gasteiger charge is -2.19. The van der Waals surface area contributed by atoms with Crippen molar-refractivity contribution in [2.24, 2.45) is 0 Å². The smallest absolute Gasteiger partial charge is 0.328 e. The van der Waals surface area contributed by atoms with Gasteiger partial charge in [-0.05, 0) is 44.0 Å². The minimum Gasteiger partial charge on any atom is -0.480 e. The van der Waals surface area contributed by atoms with E-state index in [2.05, 4.69) is 21.2 Å². The van der Waals surface area contributed by atoms with E-state index in [4.69, 9.17) is 5.11 Å². The second-order valence-electron chi connectivity index (χ2n) is 4.78. The number of hydrogen-bond acceptors (Lipinski definition) is 2. The van der Waals surface area contributed by atoms with Crippen molar-refractivity contribution in [2.75, 3.05) is 0 Å². The number of carboxylic acids is 1. The molecule has 4 nitrogen and oxygen atoms in total. The molecule has 0 aliphatic heterocycles. The summed E-state index contributed by atoms with van der Waals surface area (Å²) in [5.74, 6) is -1.52. The molecule has 5 heteroatoms. The lowest BCUT2D eigenvalue weighted by Crippen LogP contribution is -2.49. The number of carbonyl (C=O) groups is 2. The fourth-order valence-electron chi connectivity index (χ4n) is 1.34. The SMILES string of the molecule is Cc1ccc(C=CC(=O)NC(C)(C)C(=O)O)c(Br)c1. The first-order valence-corrected chi connectivity index (χ1v) is 6.51. The fourth-order valence-corrected chi connectivity index (χ4v) is 1.96. The topological polar surface area (TPSA) is 66.4 Å². The van der Waals surface area contributed by atoms with Gasteiger partial charge in [0, 0.05) is 10.5 Å². The largest absolute Gasteiger partial charge is 0.480 e. The first-order chi connectivity index (χ1) is 8.72. The third-order valence-electron chi connectivity index (χ3n) is 2.54. The molecule has 1 amide bonds. The number of aryl methyl sites for hydroxylation is 1. The van der Waals surface area contributed by atoms with Crippen LogP contribution >= 0.6 is 15.9 Å². The Labute approximate surface area is 120 Å². The highest BCUT2D eigenvalue weighted by Gasteiger charge is 2.27. The predicted molar refractivity (Wildman–Crippen MR) is 77.8 cm³/mol. The van der Waals surface area contributed by atoms with Crippen LogP contribution in [0.15, 0.2) is 28.7 Å². The van der Waals surface area contributed by atoms with Gasteiger partial charge in [-0.15, -0.1) is 0 Å². The Balaban J connectivity index is 2.77. The minimum absolute atomic E-state index is 0.445. The molecular weight excluding hydrogens is 310 g/mol. The summed E-state index contributed by atoms with van der Waals surface area (Å²) in [6.07, 6.45) is 2.96. The summed E-state index contributed by atoms with van der Waals surface area (Å²) < 4.78 is 0.883. The second-order valence-corrected chi connectivity index (χ2v) is 5.63. The number of hydrogen-bond donors (Lipinski definition) is 2. The summed E-state index contributed by atoms with van der Waals surface area (Å²) in [7, 11) is 0. The van der Waals surface area contributed by atoms with Gasteiger partial charge in [-0.2, -0.15) is 0 Å². The maximum Gasteiger partial charge on any atom is 0.328 e. The van der Waals surface area contributed by atoms with Gasteiger partial charge in [-0.25, -0.2) is 4.79 Å². The van der Waals surface area contributed by atoms with Gasteiger partial charge in [0.15, 0.2) is 0 Å². The molecule has 19 heavy (non-hydrogen) atoms. The van der Waals surface area contributed by atoms with Crippen molar-refractivity contribution in [3.63, 3.8) is 0 Å². The number of carbonyl (C=O) groups excluding carboxylic acids is 1. The summed E-state index contributed by atoms with van der Waals surface area (Å²) in [4.78, 5) is 22.5. The lowest BCUT2D eigenvalue weighted by molar-refractivity contribution is -0.145. The van der Waals surface area contributed by atoms with Crippen LogP contribution in [0.25, 0.3) is 6.08 Å². The van der Waals surface area contributed by atoms with Crippen molar-refractivity contribution in [1.82, 2.24) is 5.32 Å². The van der Waals surface area contributed by atoms with E-state index in [1.54, 1.807) is 6.08 Å². The van der Waals surface area contributed by atoms with Crippen LogP contribution in [0.1, 0.15) is 25.0 Å². The number of rotatable bonds is 4. The van der Waals surface area contributed by atoms with Crippen LogP contribution in [-0.4, -0.2) is 22.5 Å². The van der Waals surface area contributed by atoms with Crippen LogP contribution < -0.4 is 5.32 Å². The Kier molecular flexibility index (Phi) is 4.89. The molecule has 0 atom stereocenters. The molecule has 1 aromatic carbocycles. The standard InChI is InChI=1S/C14H16BrNO3/c1-9-4-5-10(11(15)8-9)6-7-12(17)16-14(2,3)13(18)19/h4-8H,1-3H3,(H,16,17)(H,18,19). The molecular formula is C14H16BrNO3. The molecule has 0 aliphatic rings. The number of halogens is 1. The highest BCUT2D eigenvalue weighted by Crippen LogP contribution is 2.19. The summed E-state index contributed by atoms with van der Waals surface area (Å²) in [6, 6.07) is 5.76. The van der Waals surface area contributed by atoms with Crippen molar-refractivity contribution >= 4 is 33.9 Å². The van der Waals surface area contributed by atoms with E-state index >= 15 is 0 Å². The molecule has 0 saturated heterocycles. The molecule has 0 saturated carbocycles. The van der Waals surface area contributed by atoms with Crippen molar-refractivity contribution in [2.45, 2.75) is 26.3 Å². The summed E-state index contributed by atoms with van der Waals surface area (Å²) in [6.45, 7) is 4.84. The molecule has 0 aliphatic carbocycles. The van der Waals surface area contributed by atoms with Gasteiger partial charge >= 0.3 is 5.97 Å². The predicted octanol–water partition coefficient (Wildman–Crippen LogP) is 2.75. The first kappa shape index (κ1) is 15.4. The number of aliphatic carboxylic acids is 1. The maximum atomic E-state index is 11.6. The van der Waals surface area contributed by atoms with Gasteiger partial charge in [0.2, 0.25) is 5.91 Å². The summed E-state index contributed by atoms with van der Waals surface area (Å²) in [5.41, 5.74) is 0.681. The van der Waals surface area contributed by atoms with Gasteiger partial charge in [0.25, 0.3) is 0 Å². The third-order valence-corrected chi connectivity index (χ3v) is 3.23. The van der Waals surface area contributed by atoms with E-state index in [9.17, 15) is 9.59 Å². The zero-order valence-corrected chi connectivity index (χ0v) is 12.6. The Morgan fingerprint density at radius 2 is 2.00 bits per heavy atom. The molecule has 0 heterocycles. The Morgan fingerprint density at radius 3 is 2.53 bits per heavy atom. The maximum absolute atomic E-state index is 11.6. The monoisotopic (exact) mass is 325 g/mol. The molecule has 0 aromatic heterocycles. The van der Waals surface area contributed by atoms with E-state index in [-0.39, 0.29) is 0 Å². The van der Waals surface area contributed by atoms with Crippen molar-refractivity contribution in [1.29, 1.82) is 0 Å². The van der Waals surface area contributed by atoms with Crippen LogP contribution in [0, 0.1) is 6.92 Å². The number of nitrogens with one attached hydrogen (secondary N) is 1. The van der Waals surface area contributed by atoms with Gasteiger partial charge in [-0.1, -0.05) is 28.1 Å². The molecule has 1 aromatic rings. The van der Waals surface area contributed by atoms with Gasteiger partial charge in [0.05, 0.1) is 0 Å². The van der Waals surface area contributed by atoms with Crippen LogP contribution in [0.5, 0.6) is 0 Å². The van der Waals surface area contributed by atoms with E-state index in [0.29, 0.717) is 0 Å². The number of amides is 1. The Bertz CT molecular complexity index is 535. The van der Waals surface area contributed by atoms with Crippen LogP contribution in [0.2, 0.25) is 0 Å². The minimum atomic E-state index is -1.29. The van der Waals surface area contributed by atoms with E-state index in [1.165, 1.54) is 19.9 Å². The van der Waals surface area contributed by atoms with Gasteiger partial charge < -0.3 is 10.4 Å². The Morgan fingerprint density at radius 1 is 1.37 bits per heavy atom. The van der Waals surface area contributed by atoms with Gasteiger partial charge in [-0.3, -0.25) is 4.79 Å².